The van der Waals surface area contributed by atoms with Crippen LogP contribution >= 0.6 is 23.2 Å². The lowest BCUT2D eigenvalue weighted by molar-refractivity contribution is -0.152. The first kappa shape index (κ1) is 31.7. The van der Waals surface area contributed by atoms with Gasteiger partial charge in [0.05, 0.1) is 45.4 Å². The number of hydrogen-bond acceptors (Lipinski definition) is 5. The fraction of sp³-hybridized carbons (Fsp3) is 0.560. The SMILES string of the molecule is CCC(F)(F)CCN(CC(=O)c1c(Cl)cncc1Cl)C(=O)c1cnn(C2CCC(C)(C(=O)O)CC2)c1C(F)(F)F. The Bertz CT molecular complexity index is 1260. The van der Waals surface area contributed by atoms with Gasteiger partial charge in [-0.15, -0.1) is 0 Å². The Kier molecular flexibility index (Phi) is 9.50. The number of carbonyl (C=O) groups is 3. The molecule has 1 aliphatic carbocycles. The van der Waals surface area contributed by atoms with Crippen molar-refractivity contribution in [2.45, 2.75) is 70.5 Å². The standard InChI is InChI=1S/C25H27Cl2F5N4O4/c1-3-24(28,29)8-9-35(13-18(37)19-16(26)11-33-12-17(19)27)21(38)15-10-34-36(20(15)25(30,31)32)14-4-6-23(2,7-5-14)22(39)40/h10-12,14H,3-9,13H2,1-2H3,(H,39,40). The summed E-state index contributed by atoms with van der Waals surface area (Å²) in [6.07, 6.45) is -3.38. The molecule has 2 aromatic rings. The third kappa shape index (κ3) is 6.91. The molecule has 40 heavy (non-hydrogen) atoms. The first-order valence-electron chi connectivity index (χ1n) is 12.4. The second kappa shape index (κ2) is 12.0. The van der Waals surface area contributed by atoms with Crippen LogP contribution in [0.5, 0.6) is 0 Å². The summed E-state index contributed by atoms with van der Waals surface area (Å²) >= 11 is 12.0. The molecule has 0 aliphatic heterocycles. The van der Waals surface area contributed by atoms with Gasteiger partial charge in [-0.25, -0.2) is 8.78 Å². The number of hydrogen-bond donors (Lipinski definition) is 1. The summed E-state index contributed by atoms with van der Waals surface area (Å²) in [7, 11) is 0. The topological polar surface area (TPSA) is 105 Å². The zero-order valence-corrected chi connectivity index (χ0v) is 23.1. The van der Waals surface area contributed by atoms with Crippen molar-refractivity contribution in [1.82, 2.24) is 19.7 Å². The number of amides is 1. The minimum absolute atomic E-state index is 0.0607. The third-order valence-corrected chi connectivity index (χ3v) is 7.81. The van der Waals surface area contributed by atoms with Crippen molar-refractivity contribution in [2.75, 3.05) is 13.1 Å². The third-order valence-electron chi connectivity index (χ3n) is 7.23. The van der Waals surface area contributed by atoms with Crippen molar-refractivity contribution in [3.8, 4) is 0 Å². The zero-order chi connectivity index (χ0) is 30.0. The Morgan fingerprint density at radius 1 is 1.10 bits per heavy atom. The van der Waals surface area contributed by atoms with E-state index in [2.05, 4.69) is 10.1 Å². The monoisotopic (exact) mass is 612 g/mol. The number of Topliss-reactive ketones (excluding diaryl/α,β-unsaturated/α-hetero) is 1. The normalized spacial score (nSPS) is 19.9. The first-order chi connectivity index (χ1) is 18.5. The number of carboxylic acid groups (broad SMARTS) is 1. The van der Waals surface area contributed by atoms with Gasteiger partial charge in [-0.2, -0.15) is 18.3 Å². The Balaban J connectivity index is 1.98. The van der Waals surface area contributed by atoms with Crippen LogP contribution in [0.3, 0.4) is 0 Å². The second-order valence-corrected chi connectivity index (χ2v) is 10.8. The highest BCUT2D eigenvalue weighted by molar-refractivity contribution is 6.39. The van der Waals surface area contributed by atoms with Crippen LogP contribution in [0.1, 0.15) is 84.8 Å². The molecule has 2 heterocycles. The molecular weight excluding hydrogens is 586 g/mol. The predicted molar refractivity (Wildman–Crippen MR) is 135 cm³/mol. The molecule has 220 valence electrons. The molecule has 1 aliphatic rings. The minimum atomic E-state index is -5.07. The van der Waals surface area contributed by atoms with E-state index in [0.717, 1.165) is 12.4 Å². The fourth-order valence-corrected chi connectivity index (χ4v) is 5.18. The second-order valence-electron chi connectivity index (χ2n) is 10.0. The smallest absolute Gasteiger partial charge is 0.433 e. The van der Waals surface area contributed by atoms with Crippen molar-refractivity contribution < 1.29 is 41.4 Å². The van der Waals surface area contributed by atoms with E-state index in [1.165, 1.54) is 13.8 Å². The van der Waals surface area contributed by atoms with Crippen molar-refractivity contribution in [1.29, 1.82) is 0 Å². The van der Waals surface area contributed by atoms with Gasteiger partial charge in [0.2, 0.25) is 5.92 Å². The summed E-state index contributed by atoms with van der Waals surface area (Å²) in [4.78, 5) is 42.3. The van der Waals surface area contributed by atoms with Crippen LogP contribution in [0.4, 0.5) is 22.0 Å². The highest BCUT2D eigenvalue weighted by Crippen LogP contribution is 2.43. The Hall–Kier alpha value is -2.80. The average molecular weight is 613 g/mol. The first-order valence-corrected chi connectivity index (χ1v) is 13.1. The van der Waals surface area contributed by atoms with Crippen LogP contribution in [0.15, 0.2) is 18.6 Å². The molecule has 0 aromatic carbocycles. The molecule has 0 atom stereocenters. The Morgan fingerprint density at radius 3 is 2.17 bits per heavy atom. The highest BCUT2D eigenvalue weighted by Gasteiger charge is 2.45. The molecule has 1 fully saturated rings. The van der Waals surface area contributed by atoms with E-state index in [9.17, 15) is 41.4 Å². The van der Waals surface area contributed by atoms with Crippen LogP contribution in [0.25, 0.3) is 0 Å². The zero-order valence-electron chi connectivity index (χ0n) is 21.6. The van der Waals surface area contributed by atoms with Crippen LogP contribution in [0, 0.1) is 5.41 Å². The lowest BCUT2D eigenvalue weighted by atomic mass is 9.74. The maximum absolute atomic E-state index is 14.3. The number of aromatic nitrogens is 3. The van der Waals surface area contributed by atoms with Crippen molar-refractivity contribution in [2.24, 2.45) is 5.41 Å². The summed E-state index contributed by atoms with van der Waals surface area (Å²) in [6.45, 7) is 1.09. The maximum Gasteiger partial charge on any atom is 0.433 e. The van der Waals surface area contributed by atoms with E-state index >= 15 is 0 Å². The van der Waals surface area contributed by atoms with Gasteiger partial charge in [-0.05, 0) is 32.6 Å². The van der Waals surface area contributed by atoms with Crippen LogP contribution in [-0.4, -0.2) is 61.4 Å². The lowest BCUT2D eigenvalue weighted by Gasteiger charge is -2.34. The Labute approximate surface area is 236 Å². The summed E-state index contributed by atoms with van der Waals surface area (Å²) in [5.41, 5.74) is -3.67. The molecule has 1 amide bonds. The molecule has 0 saturated heterocycles. The van der Waals surface area contributed by atoms with Gasteiger partial charge in [0, 0.05) is 31.8 Å². The molecule has 3 rings (SSSR count). The number of alkyl halides is 5. The van der Waals surface area contributed by atoms with Gasteiger partial charge in [0.25, 0.3) is 5.91 Å². The minimum Gasteiger partial charge on any atom is -0.481 e. The number of carbonyl (C=O) groups excluding carboxylic acids is 2. The fourth-order valence-electron chi connectivity index (χ4n) is 4.60. The van der Waals surface area contributed by atoms with Crippen LogP contribution in [0.2, 0.25) is 10.0 Å². The summed E-state index contributed by atoms with van der Waals surface area (Å²) in [6, 6.07) is -0.848. The van der Waals surface area contributed by atoms with Crippen LogP contribution < -0.4 is 0 Å². The van der Waals surface area contributed by atoms with E-state index < -0.39 is 78.4 Å². The van der Waals surface area contributed by atoms with Crippen molar-refractivity contribution >= 4 is 40.9 Å². The molecule has 0 bridgehead atoms. The van der Waals surface area contributed by atoms with Gasteiger partial charge in [-0.1, -0.05) is 30.1 Å². The summed E-state index contributed by atoms with van der Waals surface area (Å²) in [5.74, 6) is -6.52. The van der Waals surface area contributed by atoms with Gasteiger partial charge in [0.1, 0.15) is 0 Å². The number of nitrogens with zero attached hydrogens (tertiary/aromatic N) is 4. The van der Waals surface area contributed by atoms with E-state index in [0.29, 0.717) is 15.8 Å². The molecule has 0 unspecified atom stereocenters. The maximum atomic E-state index is 14.3. The summed E-state index contributed by atoms with van der Waals surface area (Å²) in [5, 5.41) is 12.9. The van der Waals surface area contributed by atoms with Crippen LogP contribution in [-0.2, 0) is 11.0 Å². The molecule has 15 heteroatoms. The highest BCUT2D eigenvalue weighted by atomic mass is 35.5. The molecule has 2 aromatic heterocycles. The van der Waals surface area contributed by atoms with E-state index in [-0.39, 0.29) is 41.3 Å². The predicted octanol–water partition coefficient (Wildman–Crippen LogP) is 6.57. The number of aliphatic carboxylic acids is 1. The molecular formula is C25H27Cl2F5N4O4. The molecule has 0 spiro atoms. The molecule has 1 saturated carbocycles. The largest absolute Gasteiger partial charge is 0.481 e. The van der Waals surface area contributed by atoms with Gasteiger partial charge in [0.15, 0.2) is 11.5 Å². The van der Waals surface area contributed by atoms with E-state index in [4.69, 9.17) is 23.2 Å². The Morgan fingerprint density at radius 2 is 1.68 bits per heavy atom. The van der Waals surface area contributed by atoms with Crippen molar-refractivity contribution in [3.05, 3.63) is 45.5 Å². The lowest BCUT2D eigenvalue weighted by Crippen LogP contribution is -2.40. The number of rotatable bonds is 10. The molecule has 8 nitrogen and oxygen atoms in total. The number of ketones is 1. The van der Waals surface area contributed by atoms with Crippen molar-refractivity contribution in [3.63, 3.8) is 0 Å². The molecule has 1 N–H and O–H groups in total. The number of pyridine rings is 1. The van der Waals surface area contributed by atoms with E-state index in [1.54, 1.807) is 0 Å². The van der Waals surface area contributed by atoms with E-state index in [1.807, 2.05) is 0 Å². The quantitative estimate of drug-likeness (QED) is 0.240. The summed E-state index contributed by atoms with van der Waals surface area (Å²) < 4.78 is 71.8. The average Bonchev–Trinajstić information content (AvgIpc) is 3.32. The van der Waals surface area contributed by atoms with Gasteiger partial charge < -0.3 is 10.0 Å². The number of carboxylic acids is 1. The van der Waals surface area contributed by atoms with Gasteiger partial charge in [-0.3, -0.25) is 24.0 Å². The van der Waals surface area contributed by atoms with Gasteiger partial charge >= 0.3 is 12.1 Å². The number of halogens is 7. The molecule has 0 radical (unpaired) electrons.